The number of aromatic nitrogens is 5. The van der Waals surface area contributed by atoms with E-state index in [2.05, 4.69) is 20.3 Å². The molecule has 0 fully saturated rings. The monoisotopic (exact) mass is 469 g/mol. The van der Waals surface area contributed by atoms with E-state index >= 15 is 0 Å². The highest BCUT2D eigenvalue weighted by Crippen LogP contribution is 2.29. The van der Waals surface area contributed by atoms with Crippen LogP contribution >= 0.6 is 11.6 Å². The quantitative estimate of drug-likeness (QED) is 0.385. The van der Waals surface area contributed by atoms with Crippen molar-refractivity contribution in [3.05, 3.63) is 100 Å². The summed E-state index contributed by atoms with van der Waals surface area (Å²) >= 11 is 6.38. The first-order valence-corrected chi connectivity index (χ1v) is 11.0. The predicted octanol–water partition coefficient (Wildman–Crippen LogP) is 4.65. The van der Waals surface area contributed by atoms with E-state index in [0.29, 0.717) is 33.3 Å². The number of hydrogen-bond donors (Lipinski definition) is 2. The molecule has 3 N–H and O–H groups in total. The van der Waals surface area contributed by atoms with Crippen LogP contribution in [-0.2, 0) is 0 Å². The number of nitrogens with zero attached hydrogens (tertiary/aromatic N) is 5. The second-order valence-corrected chi connectivity index (χ2v) is 8.09. The third kappa shape index (κ3) is 3.95. The van der Waals surface area contributed by atoms with Gasteiger partial charge in [-0.3, -0.25) is 14.3 Å². The summed E-state index contributed by atoms with van der Waals surface area (Å²) in [5.41, 5.74) is 8.40. The van der Waals surface area contributed by atoms with Gasteiger partial charge in [-0.05, 0) is 37.3 Å². The van der Waals surface area contributed by atoms with Crippen molar-refractivity contribution in [2.75, 3.05) is 11.1 Å². The molecule has 8 nitrogen and oxygen atoms in total. The first-order valence-electron chi connectivity index (χ1n) is 10.6. The smallest absolute Gasteiger partial charge is 0.267 e. The van der Waals surface area contributed by atoms with E-state index < -0.39 is 6.04 Å². The Hall–Kier alpha value is -4.30. The normalized spacial score (nSPS) is 11.9. The van der Waals surface area contributed by atoms with Crippen LogP contribution in [0.3, 0.4) is 0 Å². The zero-order chi connectivity index (χ0) is 23.7. The van der Waals surface area contributed by atoms with Gasteiger partial charge in [0.1, 0.15) is 11.6 Å². The number of para-hydroxylation sites is 1. The van der Waals surface area contributed by atoms with Crippen LogP contribution in [-0.4, -0.2) is 24.5 Å². The summed E-state index contributed by atoms with van der Waals surface area (Å²) in [6, 6.07) is 17.9. The lowest BCUT2D eigenvalue weighted by Gasteiger charge is -2.21. The van der Waals surface area contributed by atoms with Crippen molar-refractivity contribution in [1.82, 2.24) is 24.5 Å². The molecule has 2 aromatic carbocycles. The van der Waals surface area contributed by atoms with Gasteiger partial charge in [-0.25, -0.2) is 9.97 Å². The van der Waals surface area contributed by atoms with Gasteiger partial charge in [0, 0.05) is 29.7 Å². The Morgan fingerprint density at radius 1 is 1.00 bits per heavy atom. The van der Waals surface area contributed by atoms with Gasteiger partial charge in [-0.1, -0.05) is 41.9 Å². The van der Waals surface area contributed by atoms with Crippen LogP contribution in [0.15, 0.2) is 84.0 Å². The highest BCUT2D eigenvalue weighted by atomic mass is 35.5. The number of fused-ring (bicyclic) bond motifs is 1. The molecule has 168 valence electrons. The Labute approximate surface area is 200 Å². The molecule has 0 aliphatic carbocycles. The van der Waals surface area contributed by atoms with Crippen LogP contribution in [0.1, 0.15) is 18.8 Å². The molecule has 0 radical (unpaired) electrons. The van der Waals surface area contributed by atoms with E-state index in [-0.39, 0.29) is 11.5 Å². The van der Waals surface area contributed by atoms with Gasteiger partial charge < -0.3 is 11.1 Å². The first kappa shape index (κ1) is 21.5. The molecule has 0 bridgehead atoms. The number of benzene rings is 2. The summed E-state index contributed by atoms with van der Waals surface area (Å²) in [7, 11) is 0. The third-order valence-electron chi connectivity index (χ3n) is 5.41. The molecule has 0 aliphatic heterocycles. The van der Waals surface area contributed by atoms with Gasteiger partial charge in [0.2, 0.25) is 5.95 Å². The summed E-state index contributed by atoms with van der Waals surface area (Å²) in [5.74, 6) is 1.13. The van der Waals surface area contributed by atoms with Gasteiger partial charge in [-0.15, -0.1) is 0 Å². The van der Waals surface area contributed by atoms with E-state index in [1.807, 2.05) is 49.4 Å². The topological polar surface area (TPSA) is 112 Å². The van der Waals surface area contributed by atoms with E-state index in [1.54, 1.807) is 41.4 Å². The molecule has 34 heavy (non-hydrogen) atoms. The maximum Gasteiger partial charge on any atom is 0.267 e. The average molecular weight is 470 g/mol. The molecule has 0 saturated heterocycles. The fraction of sp³-hybridized carbons (Fsp3) is 0.0800. The standard InChI is InChI=1S/C25H20ClN7O/c1-15(30-22-18(14-29-25(27)32-22)16-7-6-12-28-13-16)23-31-20-11-5-10-19(26)21(20)24(34)33(23)17-8-3-2-4-9-17/h2-15H,1H3,(H3,27,29,30,32). The molecule has 0 saturated carbocycles. The zero-order valence-electron chi connectivity index (χ0n) is 18.2. The number of nitrogen functional groups attached to an aromatic ring is 1. The molecule has 5 rings (SSSR count). The van der Waals surface area contributed by atoms with Crippen LogP contribution in [0.2, 0.25) is 5.02 Å². The second kappa shape index (κ2) is 8.92. The molecule has 9 heteroatoms. The molecule has 1 atom stereocenters. The number of halogens is 1. The number of rotatable bonds is 5. The van der Waals surface area contributed by atoms with E-state index in [0.717, 1.165) is 11.1 Å². The Balaban J connectivity index is 1.68. The third-order valence-corrected chi connectivity index (χ3v) is 5.72. The summed E-state index contributed by atoms with van der Waals surface area (Å²) in [5, 5.41) is 4.09. The minimum atomic E-state index is -0.430. The number of nitrogens with two attached hydrogens (primary N) is 1. The highest BCUT2D eigenvalue weighted by molar-refractivity contribution is 6.35. The number of pyridine rings is 1. The van der Waals surface area contributed by atoms with Crippen LogP contribution < -0.4 is 16.6 Å². The fourth-order valence-corrected chi connectivity index (χ4v) is 4.08. The Kier molecular flexibility index (Phi) is 5.65. The Bertz CT molecular complexity index is 1540. The van der Waals surface area contributed by atoms with E-state index in [4.69, 9.17) is 22.3 Å². The van der Waals surface area contributed by atoms with Crippen molar-refractivity contribution in [2.24, 2.45) is 0 Å². The molecule has 1 unspecified atom stereocenters. The fourth-order valence-electron chi connectivity index (χ4n) is 3.83. The van der Waals surface area contributed by atoms with Crippen LogP contribution in [0.5, 0.6) is 0 Å². The van der Waals surface area contributed by atoms with Gasteiger partial charge in [0.05, 0.1) is 27.7 Å². The van der Waals surface area contributed by atoms with Crippen molar-refractivity contribution in [3.8, 4) is 16.8 Å². The lowest BCUT2D eigenvalue weighted by atomic mass is 10.1. The highest BCUT2D eigenvalue weighted by Gasteiger charge is 2.21. The molecule has 3 heterocycles. The molecule has 3 aromatic heterocycles. The number of anilines is 2. The summed E-state index contributed by atoms with van der Waals surface area (Å²) < 4.78 is 1.57. The molecule has 0 spiro atoms. The van der Waals surface area contributed by atoms with Gasteiger partial charge in [0.15, 0.2) is 0 Å². The lowest BCUT2D eigenvalue weighted by molar-refractivity contribution is 0.731. The predicted molar refractivity (Wildman–Crippen MR) is 134 cm³/mol. The first-order chi connectivity index (χ1) is 16.5. The zero-order valence-corrected chi connectivity index (χ0v) is 18.9. The SMILES string of the molecule is CC(Nc1nc(N)ncc1-c1cccnc1)c1nc2cccc(Cl)c2c(=O)n1-c1ccccc1. The van der Waals surface area contributed by atoms with Crippen molar-refractivity contribution in [3.63, 3.8) is 0 Å². The summed E-state index contributed by atoms with van der Waals surface area (Å²) in [4.78, 5) is 31.2. The van der Waals surface area contributed by atoms with Gasteiger partial charge >= 0.3 is 0 Å². The number of nitrogens with one attached hydrogen (secondary N) is 1. The van der Waals surface area contributed by atoms with Crippen LogP contribution in [0, 0.1) is 0 Å². The average Bonchev–Trinajstić information content (AvgIpc) is 2.85. The second-order valence-electron chi connectivity index (χ2n) is 7.68. The molecular formula is C25H20ClN7O. The van der Waals surface area contributed by atoms with Crippen LogP contribution in [0.4, 0.5) is 11.8 Å². The van der Waals surface area contributed by atoms with Crippen molar-refractivity contribution in [1.29, 1.82) is 0 Å². The van der Waals surface area contributed by atoms with Gasteiger partial charge in [0.25, 0.3) is 5.56 Å². The Morgan fingerprint density at radius 3 is 2.59 bits per heavy atom. The minimum Gasteiger partial charge on any atom is -0.368 e. The minimum absolute atomic E-state index is 0.126. The van der Waals surface area contributed by atoms with Gasteiger partial charge in [-0.2, -0.15) is 4.98 Å². The molecule has 0 aliphatic rings. The van der Waals surface area contributed by atoms with E-state index in [9.17, 15) is 4.79 Å². The van der Waals surface area contributed by atoms with Crippen molar-refractivity contribution >= 4 is 34.3 Å². The largest absolute Gasteiger partial charge is 0.368 e. The maximum atomic E-state index is 13.6. The Morgan fingerprint density at radius 2 is 1.82 bits per heavy atom. The molecule has 0 amide bonds. The van der Waals surface area contributed by atoms with Crippen LogP contribution in [0.25, 0.3) is 27.7 Å². The summed E-state index contributed by atoms with van der Waals surface area (Å²) in [6.45, 7) is 1.91. The summed E-state index contributed by atoms with van der Waals surface area (Å²) in [6.07, 6.45) is 5.06. The van der Waals surface area contributed by atoms with E-state index in [1.165, 1.54) is 0 Å². The van der Waals surface area contributed by atoms with Crippen molar-refractivity contribution in [2.45, 2.75) is 13.0 Å². The number of hydrogen-bond acceptors (Lipinski definition) is 7. The maximum absolute atomic E-state index is 13.6. The molecule has 5 aromatic rings. The molecular weight excluding hydrogens is 450 g/mol. The lowest BCUT2D eigenvalue weighted by Crippen LogP contribution is -2.27. The van der Waals surface area contributed by atoms with Crippen molar-refractivity contribution < 1.29 is 0 Å².